The molecule has 0 amide bonds. The zero-order valence-corrected chi connectivity index (χ0v) is 6.19. The van der Waals surface area contributed by atoms with E-state index in [1.54, 1.807) is 18.2 Å². The summed E-state index contributed by atoms with van der Waals surface area (Å²) in [5.41, 5.74) is 0.478. The monoisotopic (exact) mass is 170 g/mol. The van der Waals surface area contributed by atoms with Gasteiger partial charge in [0.15, 0.2) is 0 Å². The third-order valence-corrected chi connectivity index (χ3v) is 1.79. The maximum Gasteiger partial charge on any atom is 0.216 e. The number of nitrogens with one attached hydrogen (secondary N) is 1. The molecule has 0 spiro atoms. The number of hydrogen-bond acceptors (Lipinski definition) is 1. The van der Waals surface area contributed by atoms with Gasteiger partial charge in [-0.1, -0.05) is 17.7 Å². The molecule has 2 nitrogen and oxygen atoms in total. The van der Waals surface area contributed by atoms with Crippen LogP contribution < -0.4 is 0 Å². The molecule has 2 rings (SSSR count). The summed E-state index contributed by atoms with van der Waals surface area (Å²) in [5.74, 6) is -0.442. The minimum Gasteiger partial charge on any atom is -0.252 e. The summed E-state index contributed by atoms with van der Waals surface area (Å²) in [6.45, 7) is 0. The average Bonchev–Trinajstić information content (AvgIpc) is 2.35. The van der Waals surface area contributed by atoms with E-state index >= 15 is 0 Å². The Morgan fingerprint density at radius 1 is 1.45 bits per heavy atom. The quantitative estimate of drug-likeness (QED) is 0.646. The topological polar surface area (TPSA) is 28.7 Å². The molecule has 1 heterocycles. The van der Waals surface area contributed by atoms with Gasteiger partial charge in [0.2, 0.25) is 5.95 Å². The van der Waals surface area contributed by atoms with Gasteiger partial charge >= 0.3 is 0 Å². The van der Waals surface area contributed by atoms with Crippen molar-refractivity contribution in [1.82, 2.24) is 10.2 Å². The summed E-state index contributed by atoms with van der Waals surface area (Å²) in [7, 11) is 0. The first kappa shape index (κ1) is 6.61. The Kier molecular flexibility index (Phi) is 1.32. The molecule has 0 atom stereocenters. The van der Waals surface area contributed by atoms with Crippen LogP contribution in [0.1, 0.15) is 0 Å². The van der Waals surface area contributed by atoms with Crippen LogP contribution in [-0.4, -0.2) is 10.2 Å². The Morgan fingerprint density at radius 2 is 2.27 bits per heavy atom. The molecule has 1 aromatic heterocycles. The first-order valence-corrected chi connectivity index (χ1v) is 3.45. The van der Waals surface area contributed by atoms with Crippen molar-refractivity contribution in [3.05, 3.63) is 29.2 Å². The number of aromatic amines is 1. The van der Waals surface area contributed by atoms with E-state index in [2.05, 4.69) is 10.2 Å². The minimum atomic E-state index is -0.442. The van der Waals surface area contributed by atoms with Crippen LogP contribution in [0.15, 0.2) is 18.2 Å². The largest absolute Gasteiger partial charge is 0.252 e. The number of H-pyrrole nitrogens is 1. The van der Waals surface area contributed by atoms with E-state index in [1.807, 2.05) is 0 Å². The molecule has 11 heavy (non-hydrogen) atoms. The normalized spacial score (nSPS) is 10.7. The smallest absolute Gasteiger partial charge is 0.216 e. The van der Waals surface area contributed by atoms with Crippen LogP contribution in [0.25, 0.3) is 10.9 Å². The van der Waals surface area contributed by atoms with Crippen molar-refractivity contribution in [1.29, 1.82) is 0 Å². The number of rotatable bonds is 0. The molecule has 0 aliphatic rings. The van der Waals surface area contributed by atoms with Gasteiger partial charge in [-0.15, -0.1) is 0 Å². The predicted molar refractivity (Wildman–Crippen MR) is 41.1 cm³/mol. The second-order valence-corrected chi connectivity index (χ2v) is 2.58. The molecule has 0 fully saturated rings. The zero-order chi connectivity index (χ0) is 7.84. The predicted octanol–water partition coefficient (Wildman–Crippen LogP) is 2.36. The van der Waals surface area contributed by atoms with Crippen molar-refractivity contribution in [2.75, 3.05) is 0 Å². The van der Waals surface area contributed by atoms with Crippen molar-refractivity contribution in [2.45, 2.75) is 0 Å². The standard InChI is InChI=1S/C7H4ClFN2/c8-5-3-1-2-4-6(5)10-11-7(4)9/h1-3H,(H,10,11). The van der Waals surface area contributed by atoms with Crippen LogP contribution in [0.2, 0.25) is 5.02 Å². The van der Waals surface area contributed by atoms with E-state index < -0.39 is 5.95 Å². The van der Waals surface area contributed by atoms with Crippen molar-refractivity contribution in [3.63, 3.8) is 0 Å². The highest BCUT2D eigenvalue weighted by atomic mass is 35.5. The molecule has 56 valence electrons. The van der Waals surface area contributed by atoms with Gasteiger partial charge in [-0.25, -0.2) is 0 Å². The highest BCUT2D eigenvalue weighted by molar-refractivity contribution is 6.35. The van der Waals surface area contributed by atoms with E-state index in [1.165, 1.54) is 0 Å². The third kappa shape index (κ3) is 0.886. The summed E-state index contributed by atoms with van der Waals surface area (Å²) in [6.07, 6.45) is 0. The van der Waals surface area contributed by atoms with Crippen LogP contribution in [-0.2, 0) is 0 Å². The van der Waals surface area contributed by atoms with E-state index in [0.717, 1.165) is 0 Å². The van der Waals surface area contributed by atoms with Crippen molar-refractivity contribution >= 4 is 22.5 Å². The fourth-order valence-electron chi connectivity index (χ4n) is 0.971. The molecule has 0 unspecified atom stereocenters. The second kappa shape index (κ2) is 2.20. The molecule has 4 heteroatoms. The molecule has 0 bridgehead atoms. The van der Waals surface area contributed by atoms with Gasteiger partial charge < -0.3 is 0 Å². The van der Waals surface area contributed by atoms with E-state index in [-0.39, 0.29) is 0 Å². The Labute approximate surface area is 67.0 Å². The fourth-order valence-corrected chi connectivity index (χ4v) is 1.19. The van der Waals surface area contributed by atoms with Gasteiger partial charge in [0.1, 0.15) is 5.52 Å². The molecular weight excluding hydrogens is 167 g/mol. The number of aromatic nitrogens is 2. The Hall–Kier alpha value is -1.09. The molecular formula is C7H4ClFN2. The van der Waals surface area contributed by atoms with Gasteiger partial charge in [0.05, 0.1) is 10.4 Å². The molecule has 0 saturated carbocycles. The summed E-state index contributed by atoms with van der Waals surface area (Å²) in [6, 6.07) is 4.98. The zero-order valence-electron chi connectivity index (χ0n) is 5.44. The Balaban J connectivity index is 2.94. The molecule has 0 saturated heterocycles. The van der Waals surface area contributed by atoms with Crippen molar-refractivity contribution in [2.24, 2.45) is 0 Å². The maximum atomic E-state index is 12.7. The minimum absolute atomic E-state index is 0.428. The highest BCUT2D eigenvalue weighted by Gasteiger charge is 2.05. The number of para-hydroxylation sites is 1. The average molecular weight is 171 g/mol. The lowest BCUT2D eigenvalue weighted by Gasteiger charge is -1.88. The fraction of sp³-hybridized carbons (Fsp3) is 0. The van der Waals surface area contributed by atoms with Crippen LogP contribution in [0.4, 0.5) is 4.39 Å². The molecule has 1 N–H and O–H groups in total. The molecule has 0 aliphatic heterocycles. The summed E-state index contributed by atoms with van der Waals surface area (Å²) >= 11 is 5.72. The number of fused-ring (bicyclic) bond motifs is 1. The van der Waals surface area contributed by atoms with E-state index in [4.69, 9.17) is 11.6 Å². The van der Waals surface area contributed by atoms with Crippen LogP contribution in [0, 0.1) is 5.95 Å². The summed E-state index contributed by atoms with van der Waals surface area (Å²) < 4.78 is 12.7. The number of benzene rings is 1. The second-order valence-electron chi connectivity index (χ2n) is 2.17. The lowest BCUT2D eigenvalue weighted by Crippen LogP contribution is -1.70. The lowest BCUT2D eigenvalue weighted by atomic mass is 10.2. The van der Waals surface area contributed by atoms with E-state index in [9.17, 15) is 4.39 Å². The molecule has 1 aromatic carbocycles. The highest BCUT2D eigenvalue weighted by Crippen LogP contribution is 2.21. The maximum absolute atomic E-state index is 12.7. The summed E-state index contributed by atoms with van der Waals surface area (Å²) in [4.78, 5) is 0. The lowest BCUT2D eigenvalue weighted by molar-refractivity contribution is 0.588. The third-order valence-electron chi connectivity index (χ3n) is 1.49. The molecule has 0 radical (unpaired) electrons. The number of halogens is 2. The Morgan fingerprint density at radius 3 is 3.00 bits per heavy atom. The van der Waals surface area contributed by atoms with E-state index in [0.29, 0.717) is 15.9 Å². The van der Waals surface area contributed by atoms with Crippen LogP contribution in [0.3, 0.4) is 0 Å². The SMILES string of the molecule is Fc1[nH]nc2c(Cl)cccc12. The van der Waals surface area contributed by atoms with Gasteiger partial charge in [0.25, 0.3) is 0 Å². The van der Waals surface area contributed by atoms with Gasteiger partial charge in [-0.3, -0.25) is 5.10 Å². The van der Waals surface area contributed by atoms with Gasteiger partial charge in [-0.2, -0.15) is 9.49 Å². The summed E-state index contributed by atoms with van der Waals surface area (Å²) in [5, 5.41) is 6.79. The number of nitrogens with zero attached hydrogens (tertiary/aromatic N) is 1. The molecule has 2 aromatic rings. The van der Waals surface area contributed by atoms with Crippen molar-refractivity contribution < 1.29 is 4.39 Å². The van der Waals surface area contributed by atoms with Crippen LogP contribution in [0.5, 0.6) is 0 Å². The van der Waals surface area contributed by atoms with Gasteiger partial charge in [0, 0.05) is 0 Å². The van der Waals surface area contributed by atoms with Gasteiger partial charge in [-0.05, 0) is 12.1 Å². The van der Waals surface area contributed by atoms with Crippen LogP contribution >= 0.6 is 11.6 Å². The molecule has 0 aliphatic carbocycles. The first-order chi connectivity index (χ1) is 5.29. The number of hydrogen-bond donors (Lipinski definition) is 1. The Bertz CT molecular complexity index is 396. The first-order valence-electron chi connectivity index (χ1n) is 3.07. The van der Waals surface area contributed by atoms with Crippen molar-refractivity contribution in [3.8, 4) is 0 Å².